The number of benzene rings is 1. The lowest BCUT2D eigenvalue weighted by atomic mass is 9.79. The molecule has 94 valence electrons. The summed E-state index contributed by atoms with van der Waals surface area (Å²) in [7, 11) is 0. The van der Waals surface area contributed by atoms with Crippen molar-refractivity contribution in [3.8, 4) is 0 Å². The van der Waals surface area contributed by atoms with Crippen molar-refractivity contribution in [2.24, 2.45) is 5.92 Å². The average Bonchev–Trinajstić information content (AvgIpc) is 2.26. The Morgan fingerprint density at radius 1 is 1.47 bits per heavy atom. The van der Waals surface area contributed by atoms with Crippen molar-refractivity contribution in [2.45, 2.75) is 38.6 Å². The van der Waals surface area contributed by atoms with Gasteiger partial charge in [0.1, 0.15) is 5.82 Å². The summed E-state index contributed by atoms with van der Waals surface area (Å²) in [6.45, 7) is 2.95. The van der Waals surface area contributed by atoms with Gasteiger partial charge in [-0.1, -0.05) is 38.3 Å². The van der Waals surface area contributed by atoms with Crippen LogP contribution in [0.2, 0.25) is 0 Å². The second-order valence-electron chi connectivity index (χ2n) is 4.79. The lowest BCUT2D eigenvalue weighted by molar-refractivity contribution is 0.260. The summed E-state index contributed by atoms with van der Waals surface area (Å²) >= 11 is 3.26. The van der Waals surface area contributed by atoms with Gasteiger partial charge in [0.2, 0.25) is 0 Å². The highest BCUT2D eigenvalue weighted by Crippen LogP contribution is 2.36. The molecule has 1 fully saturated rings. The zero-order valence-electron chi connectivity index (χ0n) is 10.2. The summed E-state index contributed by atoms with van der Waals surface area (Å²) in [5.41, 5.74) is 0.799. The van der Waals surface area contributed by atoms with Gasteiger partial charge >= 0.3 is 0 Å². The molecule has 0 aliphatic heterocycles. The van der Waals surface area contributed by atoms with Crippen molar-refractivity contribution in [1.29, 1.82) is 0 Å². The van der Waals surface area contributed by atoms with E-state index < -0.39 is 0 Å². The molecule has 0 saturated heterocycles. The van der Waals surface area contributed by atoms with Crippen molar-refractivity contribution in [3.63, 3.8) is 0 Å². The van der Waals surface area contributed by atoms with E-state index in [0.717, 1.165) is 24.4 Å². The number of halogens is 2. The first-order chi connectivity index (χ1) is 8.22. The zero-order chi connectivity index (χ0) is 12.3. The lowest BCUT2D eigenvalue weighted by Gasteiger charge is -2.30. The molecule has 1 unspecified atom stereocenters. The van der Waals surface area contributed by atoms with E-state index in [1.807, 2.05) is 12.1 Å². The Bertz CT molecular complexity index is 376. The molecule has 3 heteroatoms. The third-order valence-electron chi connectivity index (χ3n) is 3.60. The molecule has 1 nitrogen and oxygen atoms in total. The van der Waals surface area contributed by atoms with Crippen LogP contribution in [0, 0.1) is 11.7 Å². The van der Waals surface area contributed by atoms with E-state index in [1.165, 1.54) is 19.3 Å². The molecule has 0 aromatic heterocycles. The maximum Gasteiger partial charge on any atom is 0.142 e. The molecule has 17 heavy (non-hydrogen) atoms. The molecule has 0 amide bonds. The van der Waals surface area contributed by atoms with Gasteiger partial charge in [-0.25, -0.2) is 4.39 Å². The van der Waals surface area contributed by atoms with Crippen molar-refractivity contribution in [3.05, 3.63) is 34.1 Å². The molecule has 1 aliphatic rings. The first kappa shape index (κ1) is 13.0. The molecule has 1 aromatic carbocycles. The molecule has 0 bridgehead atoms. The Labute approximate surface area is 111 Å². The van der Waals surface area contributed by atoms with Crippen molar-refractivity contribution in [1.82, 2.24) is 5.32 Å². The Kier molecular flexibility index (Phi) is 4.57. The van der Waals surface area contributed by atoms with E-state index in [9.17, 15) is 4.39 Å². The van der Waals surface area contributed by atoms with Gasteiger partial charge in [0.25, 0.3) is 0 Å². The summed E-state index contributed by atoms with van der Waals surface area (Å²) in [4.78, 5) is 0. The van der Waals surface area contributed by atoms with Crippen LogP contribution in [0.15, 0.2) is 22.7 Å². The van der Waals surface area contributed by atoms with Crippen LogP contribution in [0.3, 0.4) is 0 Å². The van der Waals surface area contributed by atoms with E-state index >= 15 is 0 Å². The molecule has 0 heterocycles. The van der Waals surface area contributed by atoms with Crippen LogP contribution in [0.25, 0.3) is 0 Å². The van der Waals surface area contributed by atoms with Gasteiger partial charge in [0.05, 0.1) is 4.47 Å². The predicted molar refractivity (Wildman–Crippen MR) is 72.5 cm³/mol. The van der Waals surface area contributed by atoms with E-state index in [-0.39, 0.29) is 11.9 Å². The SMILES string of the molecule is CCNC(CC1CCC1)c1cccc(Br)c1F. The van der Waals surface area contributed by atoms with Crippen LogP contribution in [-0.4, -0.2) is 6.54 Å². The maximum absolute atomic E-state index is 14.1. The first-order valence-corrected chi connectivity index (χ1v) is 7.19. The van der Waals surface area contributed by atoms with Gasteiger partial charge in [-0.2, -0.15) is 0 Å². The normalized spacial score (nSPS) is 17.8. The Morgan fingerprint density at radius 3 is 2.82 bits per heavy atom. The highest BCUT2D eigenvalue weighted by atomic mass is 79.9. The third-order valence-corrected chi connectivity index (χ3v) is 4.21. The number of rotatable bonds is 5. The van der Waals surface area contributed by atoms with Crippen LogP contribution < -0.4 is 5.32 Å². The first-order valence-electron chi connectivity index (χ1n) is 6.39. The van der Waals surface area contributed by atoms with Gasteiger partial charge in [0, 0.05) is 11.6 Å². The fraction of sp³-hybridized carbons (Fsp3) is 0.571. The number of hydrogen-bond donors (Lipinski definition) is 1. The molecule has 1 saturated carbocycles. The van der Waals surface area contributed by atoms with Gasteiger partial charge in [-0.3, -0.25) is 0 Å². The topological polar surface area (TPSA) is 12.0 Å². The highest BCUT2D eigenvalue weighted by molar-refractivity contribution is 9.10. The molecule has 1 atom stereocenters. The van der Waals surface area contributed by atoms with E-state index in [1.54, 1.807) is 6.07 Å². The summed E-state index contributed by atoms with van der Waals surface area (Å²) in [5, 5.41) is 3.41. The molecule has 1 aromatic rings. The fourth-order valence-corrected chi connectivity index (χ4v) is 2.80. The smallest absolute Gasteiger partial charge is 0.142 e. The minimum Gasteiger partial charge on any atom is -0.310 e. The zero-order valence-corrected chi connectivity index (χ0v) is 11.8. The van der Waals surface area contributed by atoms with Gasteiger partial charge < -0.3 is 5.32 Å². The summed E-state index contributed by atoms with van der Waals surface area (Å²) in [5.74, 6) is 0.662. The minimum absolute atomic E-state index is 0.113. The Hall–Kier alpha value is -0.410. The standard InChI is InChI=1S/C14H19BrFN/c1-2-17-13(9-10-5-3-6-10)11-7-4-8-12(15)14(11)16/h4,7-8,10,13,17H,2-3,5-6,9H2,1H3. The monoisotopic (exact) mass is 299 g/mol. The van der Waals surface area contributed by atoms with Crippen LogP contribution in [0.4, 0.5) is 4.39 Å². The molecule has 0 spiro atoms. The van der Waals surface area contributed by atoms with Gasteiger partial charge in [-0.05, 0) is 40.9 Å². The van der Waals surface area contributed by atoms with Crippen LogP contribution in [-0.2, 0) is 0 Å². The molecule has 0 radical (unpaired) electrons. The van der Waals surface area contributed by atoms with E-state index in [4.69, 9.17) is 0 Å². The second-order valence-corrected chi connectivity index (χ2v) is 5.64. The predicted octanol–water partition coefficient (Wildman–Crippen LogP) is 4.43. The largest absolute Gasteiger partial charge is 0.310 e. The minimum atomic E-state index is -0.113. The van der Waals surface area contributed by atoms with E-state index in [0.29, 0.717) is 4.47 Å². The Balaban J connectivity index is 2.15. The van der Waals surface area contributed by atoms with Crippen LogP contribution in [0.5, 0.6) is 0 Å². The van der Waals surface area contributed by atoms with Crippen LogP contribution >= 0.6 is 15.9 Å². The van der Waals surface area contributed by atoms with Gasteiger partial charge in [-0.15, -0.1) is 0 Å². The fourth-order valence-electron chi connectivity index (χ4n) is 2.42. The van der Waals surface area contributed by atoms with E-state index in [2.05, 4.69) is 28.2 Å². The highest BCUT2D eigenvalue weighted by Gasteiger charge is 2.24. The third kappa shape index (κ3) is 3.08. The maximum atomic E-state index is 14.1. The molecular weight excluding hydrogens is 281 g/mol. The Morgan fingerprint density at radius 2 is 2.24 bits per heavy atom. The second kappa shape index (κ2) is 5.96. The molecule has 1 N–H and O–H groups in total. The average molecular weight is 300 g/mol. The number of nitrogens with one attached hydrogen (secondary N) is 1. The van der Waals surface area contributed by atoms with Crippen molar-refractivity contribution >= 4 is 15.9 Å². The number of hydrogen-bond acceptors (Lipinski definition) is 1. The summed E-state index contributed by atoms with van der Waals surface area (Å²) in [6.07, 6.45) is 5.00. The van der Waals surface area contributed by atoms with Crippen molar-refractivity contribution < 1.29 is 4.39 Å². The lowest BCUT2D eigenvalue weighted by Crippen LogP contribution is -2.26. The van der Waals surface area contributed by atoms with Crippen LogP contribution in [0.1, 0.15) is 44.2 Å². The van der Waals surface area contributed by atoms with Crippen molar-refractivity contribution in [2.75, 3.05) is 6.54 Å². The molecule has 1 aliphatic carbocycles. The molecular formula is C14H19BrFN. The van der Waals surface area contributed by atoms with Gasteiger partial charge in [0.15, 0.2) is 0 Å². The summed E-state index contributed by atoms with van der Waals surface area (Å²) < 4.78 is 14.6. The quantitative estimate of drug-likeness (QED) is 0.848. The summed E-state index contributed by atoms with van der Waals surface area (Å²) in [6, 6.07) is 5.72. The molecule has 2 rings (SSSR count).